The van der Waals surface area contributed by atoms with E-state index in [0.29, 0.717) is 24.6 Å². The summed E-state index contributed by atoms with van der Waals surface area (Å²) in [4.78, 5) is 39.7. The maximum atomic E-state index is 12.8. The number of hydrazone groups is 1. The van der Waals surface area contributed by atoms with Crippen molar-refractivity contribution in [3.63, 3.8) is 0 Å². The predicted octanol–water partition coefficient (Wildman–Crippen LogP) is 21.5. The topological polar surface area (TPSA) is 153 Å². The van der Waals surface area contributed by atoms with E-state index in [2.05, 4.69) is 29.4 Å². The number of hydrogen-bond donors (Lipinski definition) is 2. The summed E-state index contributed by atoms with van der Waals surface area (Å²) in [6.07, 6.45) is 43.0. The molecule has 504 valence electrons. The second kappa shape index (κ2) is 32.4. The van der Waals surface area contributed by atoms with E-state index in [9.17, 15) is 14.4 Å². The van der Waals surface area contributed by atoms with Crippen molar-refractivity contribution in [1.82, 2.24) is 0 Å². The molecule has 0 saturated heterocycles. The number of Topliss-reactive ketones (excluding diaryl/α,β-unsaturated/α-hetero) is 1. The number of ketones is 1. The number of amides is 2. The second-order valence-electron chi connectivity index (χ2n) is 30.1. The van der Waals surface area contributed by atoms with Gasteiger partial charge in [-0.05, 0) is 336 Å². The molecule has 4 aromatic rings. The van der Waals surface area contributed by atoms with Crippen LogP contribution in [-0.2, 0) is 53.0 Å². The predicted molar refractivity (Wildman–Crippen MR) is 391 cm³/mol. The van der Waals surface area contributed by atoms with Gasteiger partial charge in [0.25, 0.3) is 0 Å². The smallest absolute Gasteiger partial charge is 0.435 e. The summed E-state index contributed by atoms with van der Waals surface area (Å²) in [6.45, 7) is 12.2. The largest absolute Gasteiger partial charge is 0.442 e. The van der Waals surface area contributed by atoms with Gasteiger partial charge in [0, 0.05) is 30.8 Å². The number of rotatable bonds is 6. The third-order valence-corrected chi connectivity index (χ3v) is 20.7. The van der Waals surface area contributed by atoms with Crippen molar-refractivity contribution in [3.05, 3.63) is 151 Å². The number of nitrogens with two attached hydrogens (primary N) is 2. The lowest BCUT2D eigenvalue weighted by molar-refractivity contribution is -0.120. The number of anilines is 2. The number of fused-ring (bicyclic) bond motifs is 9. The molecule has 0 unspecified atom stereocenters. The lowest BCUT2D eigenvalue weighted by Crippen LogP contribution is -2.41. The first-order chi connectivity index (χ1) is 44.9. The van der Waals surface area contributed by atoms with E-state index in [1.54, 1.807) is 122 Å². The Morgan fingerprint density at radius 2 is 0.809 bits per heavy atom. The molecule has 11 aliphatic rings. The molecule has 11 heteroatoms. The number of hydrogen-bond acceptors (Lipinski definition) is 9. The first kappa shape index (κ1) is 70.1. The van der Waals surface area contributed by atoms with E-state index in [-0.39, 0.29) is 7.43 Å². The van der Waals surface area contributed by atoms with E-state index in [1.165, 1.54) is 171 Å². The normalized spacial score (nSPS) is 19.2. The van der Waals surface area contributed by atoms with Gasteiger partial charge in [-0.3, -0.25) is 9.79 Å². The lowest BCUT2D eigenvalue weighted by atomic mass is 9.85. The highest BCUT2D eigenvalue weighted by molar-refractivity contribution is 5.94. The average molecular weight is 1270 g/mol. The lowest BCUT2D eigenvalue weighted by Gasteiger charge is -2.25. The Hall–Kier alpha value is -6.69. The van der Waals surface area contributed by atoms with E-state index in [0.717, 1.165) is 91.7 Å². The molecule has 0 spiro atoms. The molecular weight excluding hydrogens is 1160 g/mol. The van der Waals surface area contributed by atoms with Crippen LogP contribution < -0.4 is 21.6 Å². The number of carbonyl (C=O) groups excluding carboxylic acids is 3. The van der Waals surface area contributed by atoms with Crippen LogP contribution >= 0.6 is 0 Å². The van der Waals surface area contributed by atoms with Crippen molar-refractivity contribution >= 4 is 63.1 Å². The van der Waals surface area contributed by atoms with Crippen molar-refractivity contribution in [2.24, 2.45) is 21.7 Å². The van der Waals surface area contributed by atoms with Crippen LogP contribution in [0, 0.1) is 0 Å². The van der Waals surface area contributed by atoms with Gasteiger partial charge < -0.3 is 15.2 Å². The molecular formula is C83H112N6O5. The van der Waals surface area contributed by atoms with E-state index >= 15 is 0 Å². The molecule has 3 saturated carbocycles. The molecule has 4 N–H and O–H groups in total. The zero-order valence-electron chi connectivity index (χ0n) is 57.6. The number of benzene rings is 4. The van der Waals surface area contributed by atoms with E-state index < -0.39 is 23.4 Å². The summed E-state index contributed by atoms with van der Waals surface area (Å²) in [5, 5.41) is 7.10. The monoisotopic (exact) mass is 1270 g/mol. The SMILES string of the molecule is C.CC(C)(C)OC(=O)N(N)c1ccc(CN)cc1.CC(C)(C)OC(=O)N(N=C1CCCCC1)c1ccc(CN=C2CCCCC2)cc1.O=C1CCCCC1.c1c2c(cc3c1C1=C(CCCC1)C3)C1=C(CCCC1)C2.c1cc2c(c3c1CC1=C3CCCC1)C1=C(CCCC1)C2. The van der Waals surface area contributed by atoms with Crippen LogP contribution in [0.3, 0.4) is 0 Å². The summed E-state index contributed by atoms with van der Waals surface area (Å²) >= 11 is 0. The molecule has 4 aromatic carbocycles. The Kier molecular flexibility index (Phi) is 24.1. The molecule has 15 rings (SSSR count). The van der Waals surface area contributed by atoms with E-state index in [1.807, 2.05) is 57.2 Å². The van der Waals surface area contributed by atoms with Crippen LogP contribution in [0.4, 0.5) is 21.0 Å². The molecule has 0 heterocycles. The van der Waals surface area contributed by atoms with Crippen molar-refractivity contribution in [2.45, 2.75) is 298 Å². The molecule has 11 aliphatic carbocycles. The third-order valence-electron chi connectivity index (χ3n) is 20.7. The maximum absolute atomic E-state index is 12.8. The first-order valence-electron chi connectivity index (χ1n) is 36.4. The highest BCUT2D eigenvalue weighted by Crippen LogP contribution is 2.52. The van der Waals surface area contributed by atoms with Gasteiger partial charge in [-0.15, -0.1) is 0 Å². The molecule has 0 atom stereocenters. The van der Waals surface area contributed by atoms with Crippen LogP contribution in [0.1, 0.15) is 304 Å². The van der Waals surface area contributed by atoms with Crippen LogP contribution in [0.2, 0.25) is 0 Å². The summed E-state index contributed by atoms with van der Waals surface area (Å²) in [7, 11) is 0. The fourth-order valence-electron chi connectivity index (χ4n) is 16.0. The van der Waals surface area contributed by atoms with Crippen molar-refractivity contribution < 1.29 is 23.9 Å². The van der Waals surface area contributed by atoms with Crippen LogP contribution in [-0.4, -0.2) is 40.6 Å². The molecule has 0 aliphatic heterocycles. The highest BCUT2D eigenvalue weighted by atomic mass is 16.6. The van der Waals surface area contributed by atoms with Crippen LogP contribution in [0.15, 0.2) is 105 Å². The van der Waals surface area contributed by atoms with Crippen LogP contribution in [0.25, 0.3) is 22.3 Å². The van der Waals surface area contributed by atoms with Gasteiger partial charge >= 0.3 is 12.2 Å². The Morgan fingerprint density at radius 3 is 1.24 bits per heavy atom. The second-order valence-corrected chi connectivity index (χ2v) is 30.1. The molecule has 94 heavy (non-hydrogen) atoms. The molecule has 0 radical (unpaired) electrons. The number of carbonyl (C=O) groups is 3. The summed E-state index contributed by atoms with van der Waals surface area (Å²) in [5.41, 5.74) is 37.6. The summed E-state index contributed by atoms with van der Waals surface area (Å²) in [5.74, 6) is 6.13. The Morgan fingerprint density at radius 1 is 0.436 bits per heavy atom. The standard InChI is InChI=1S/C24H35N3O2.2C20H22.C12H19N3O2.C6H10O.CH4/c1-24(2,3)29-23(28)27(26-21-12-8-5-9-13-21)22-16-14-19(15-17-22)18-25-20-10-6-4-7-11-20;1-3-7-17-13(5-1)9-15-11-20-16(12-19(15)17)10-14-6-2-4-8-18(14)20;1-3-7-17-13(5-1)11-15-9-10-16-12-14-6-2-4-8-18(14)20(16)19(15)17;1-12(2,3)17-11(16)15(14)10-6-4-9(8-13)5-7-10;7-6-4-2-1-3-5-6;/h14-17H,4-13,18H2,1-3H3;11-12H,1-10H2;9-10H,1-8,11-12H2;4-7H,8,13-14H2,1-3H3;1-5H2;1H4. The van der Waals surface area contributed by atoms with Crippen LogP contribution in [0.5, 0.6) is 0 Å². The van der Waals surface area contributed by atoms with E-state index in [4.69, 9.17) is 26.0 Å². The average Bonchev–Trinajstić information content (AvgIpc) is 1.59. The van der Waals surface area contributed by atoms with Crippen molar-refractivity contribution in [2.75, 3.05) is 10.0 Å². The van der Waals surface area contributed by atoms with Gasteiger partial charge in [0.05, 0.1) is 17.9 Å². The molecule has 0 aromatic heterocycles. The van der Waals surface area contributed by atoms with Gasteiger partial charge in [-0.25, -0.2) is 20.4 Å². The number of hydrazine groups is 1. The minimum Gasteiger partial charge on any atom is -0.442 e. The molecule has 2 amide bonds. The van der Waals surface area contributed by atoms with Gasteiger partial charge in [0.15, 0.2) is 0 Å². The Bertz CT molecular complexity index is 3420. The third kappa shape index (κ3) is 18.0. The molecule has 3 fully saturated rings. The highest BCUT2D eigenvalue weighted by Gasteiger charge is 2.34. The number of nitrogens with zero attached hydrogens (tertiary/aromatic N) is 4. The van der Waals surface area contributed by atoms with Crippen molar-refractivity contribution in [3.8, 4) is 0 Å². The summed E-state index contributed by atoms with van der Waals surface area (Å²) < 4.78 is 10.8. The fourth-order valence-corrected chi connectivity index (χ4v) is 16.0. The molecule has 0 bridgehead atoms. The number of allylic oxidation sites excluding steroid dienone is 8. The number of aliphatic imine (C=N–C) groups is 1. The first-order valence-corrected chi connectivity index (χ1v) is 36.4. The minimum atomic E-state index is -0.585. The Balaban J connectivity index is 0.000000134. The fraction of sp³-hybridized carbons (Fsp3) is 0.554. The number of ether oxygens (including phenoxy) is 2. The van der Waals surface area contributed by atoms with Gasteiger partial charge in [-0.2, -0.15) is 10.1 Å². The van der Waals surface area contributed by atoms with Crippen molar-refractivity contribution in [1.29, 1.82) is 0 Å². The quantitative estimate of drug-likeness (QED) is 0.111. The van der Waals surface area contributed by atoms with Gasteiger partial charge in [0.2, 0.25) is 0 Å². The zero-order chi connectivity index (χ0) is 65.1. The van der Waals surface area contributed by atoms with Gasteiger partial charge in [0.1, 0.15) is 17.0 Å². The molecule has 11 nitrogen and oxygen atoms in total. The summed E-state index contributed by atoms with van der Waals surface area (Å²) in [6, 6.07) is 25.1. The zero-order valence-corrected chi connectivity index (χ0v) is 57.6. The Labute approximate surface area is 564 Å². The van der Waals surface area contributed by atoms with Gasteiger partial charge in [-0.1, -0.05) is 97.5 Å². The minimum absolute atomic E-state index is 0. The maximum Gasteiger partial charge on any atom is 0.435 e.